The summed E-state index contributed by atoms with van der Waals surface area (Å²) in [6, 6.07) is 0.664. The summed E-state index contributed by atoms with van der Waals surface area (Å²) in [7, 11) is 0. The Balaban J connectivity index is 2.11. The monoisotopic (exact) mass is 227 g/mol. The smallest absolute Gasteiger partial charge is 0.0675 e. The van der Waals surface area contributed by atoms with Gasteiger partial charge in [0.15, 0.2) is 0 Å². The number of nitrogens with one attached hydrogen (secondary N) is 1. The van der Waals surface area contributed by atoms with E-state index in [2.05, 4.69) is 26.1 Å². The van der Waals surface area contributed by atoms with Crippen LogP contribution in [0.3, 0.4) is 0 Å². The molecule has 1 atom stereocenters. The standard InChI is InChI=1S/C14H29NO/c1-4-13(5-2)15-11-12(3)16-14-9-7-6-8-10-14/h12-15H,4-11H2,1-3H3. The zero-order valence-corrected chi connectivity index (χ0v) is 11.3. The van der Waals surface area contributed by atoms with Crippen LogP contribution < -0.4 is 5.32 Å². The van der Waals surface area contributed by atoms with Gasteiger partial charge in [-0.3, -0.25) is 0 Å². The van der Waals surface area contributed by atoms with Gasteiger partial charge in [0.1, 0.15) is 0 Å². The molecule has 0 radical (unpaired) electrons. The molecule has 0 aliphatic heterocycles. The van der Waals surface area contributed by atoms with Crippen LogP contribution in [0.5, 0.6) is 0 Å². The molecule has 0 aromatic rings. The summed E-state index contributed by atoms with van der Waals surface area (Å²) in [5.74, 6) is 0. The largest absolute Gasteiger partial charge is 0.374 e. The minimum atomic E-state index is 0.365. The van der Waals surface area contributed by atoms with E-state index in [1.807, 2.05) is 0 Å². The minimum Gasteiger partial charge on any atom is -0.374 e. The molecule has 0 spiro atoms. The molecule has 1 rings (SSSR count). The van der Waals surface area contributed by atoms with Gasteiger partial charge in [-0.05, 0) is 32.6 Å². The molecule has 16 heavy (non-hydrogen) atoms. The van der Waals surface area contributed by atoms with Gasteiger partial charge in [-0.15, -0.1) is 0 Å². The first-order valence-corrected chi connectivity index (χ1v) is 7.15. The fourth-order valence-electron chi connectivity index (χ4n) is 2.49. The van der Waals surface area contributed by atoms with Crippen LogP contribution in [0.15, 0.2) is 0 Å². The van der Waals surface area contributed by atoms with Crippen molar-refractivity contribution in [3.05, 3.63) is 0 Å². The van der Waals surface area contributed by atoms with E-state index < -0.39 is 0 Å². The fourth-order valence-corrected chi connectivity index (χ4v) is 2.49. The Bertz CT molecular complexity index is 162. The first-order valence-electron chi connectivity index (χ1n) is 7.15. The lowest BCUT2D eigenvalue weighted by atomic mass is 9.97. The van der Waals surface area contributed by atoms with Crippen molar-refractivity contribution in [1.82, 2.24) is 5.32 Å². The molecule has 0 amide bonds. The lowest BCUT2D eigenvalue weighted by Crippen LogP contribution is -2.36. The van der Waals surface area contributed by atoms with Crippen LogP contribution in [0, 0.1) is 0 Å². The second kappa shape index (κ2) is 8.08. The quantitative estimate of drug-likeness (QED) is 0.718. The van der Waals surface area contributed by atoms with Gasteiger partial charge in [0, 0.05) is 12.6 Å². The summed E-state index contributed by atoms with van der Waals surface area (Å²) < 4.78 is 6.07. The van der Waals surface area contributed by atoms with Crippen LogP contribution >= 0.6 is 0 Å². The third-order valence-corrected chi connectivity index (χ3v) is 3.66. The molecule has 1 saturated carbocycles. The van der Waals surface area contributed by atoms with Crippen molar-refractivity contribution in [1.29, 1.82) is 0 Å². The van der Waals surface area contributed by atoms with E-state index in [4.69, 9.17) is 4.74 Å². The molecule has 0 aromatic heterocycles. The van der Waals surface area contributed by atoms with Crippen LogP contribution in [-0.2, 0) is 4.74 Å². The molecule has 1 aliphatic rings. The van der Waals surface area contributed by atoms with Crippen LogP contribution in [0.2, 0.25) is 0 Å². The molecule has 0 saturated heterocycles. The van der Waals surface area contributed by atoms with E-state index in [0.29, 0.717) is 18.2 Å². The van der Waals surface area contributed by atoms with Gasteiger partial charge in [-0.2, -0.15) is 0 Å². The molecule has 0 bridgehead atoms. The summed E-state index contributed by atoms with van der Waals surface area (Å²) in [6.07, 6.45) is 10.00. The molecule has 1 fully saturated rings. The predicted molar refractivity (Wildman–Crippen MR) is 69.8 cm³/mol. The predicted octanol–water partition coefficient (Wildman–Crippen LogP) is 3.50. The summed E-state index contributed by atoms with van der Waals surface area (Å²) in [6.45, 7) is 7.69. The Morgan fingerprint density at radius 1 is 1.12 bits per heavy atom. The maximum atomic E-state index is 6.07. The normalized spacial score (nSPS) is 20.2. The van der Waals surface area contributed by atoms with Crippen molar-refractivity contribution in [3.63, 3.8) is 0 Å². The Hall–Kier alpha value is -0.0800. The van der Waals surface area contributed by atoms with E-state index >= 15 is 0 Å². The lowest BCUT2D eigenvalue weighted by molar-refractivity contribution is -0.0209. The highest BCUT2D eigenvalue weighted by molar-refractivity contribution is 4.69. The summed E-state index contributed by atoms with van der Waals surface area (Å²) in [5, 5.41) is 3.58. The Kier molecular flexibility index (Phi) is 7.06. The zero-order chi connectivity index (χ0) is 11.8. The molecule has 1 unspecified atom stereocenters. The molecule has 2 heteroatoms. The molecule has 1 N–H and O–H groups in total. The van der Waals surface area contributed by atoms with Gasteiger partial charge in [0.2, 0.25) is 0 Å². The number of hydrogen-bond acceptors (Lipinski definition) is 2. The summed E-state index contributed by atoms with van der Waals surface area (Å²) in [4.78, 5) is 0. The number of hydrogen-bond donors (Lipinski definition) is 1. The molecule has 0 heterocycles. The molecule has 0 aromatic carbocycles. The minimum absolute atomic E-state index is 0.365. The number of rotatable bonds is 7. The first kappa shape index (κ1) is 14.0. The van der Waals surface area contributed by atoms with Gasteiger partial charge < -0.3 is 10.1 Å². The third kappa shape index (κ3) is 5.31. The van der Waals surface area contributed by atoms with E-state index in [-0.39, 0.29) is 0 Å². The summed E-state index contributed by atoms with van der Waals surface area (Å²) >= 11 is 0. The van der Waals surface area contributed by atoms with Crippen LogP contribution in [0.4, 0.5) is 0 Å². The van der Waals surface area contributed by atoms with Gasteiger partial charge in [-0.1, -0.05) is 33.1 Å². The van der Waals surface area contributed by atoms with E-state index in [1.54, 1.807) is 0 Å². The van der Waals surface area contributed by atoms with Crippen molar-refractivity contribution in [2.45, 2.75) is 84.0 Å². The zero-order valence-electron chi connectivity index (χ0n) is 11.3. The molecular formula is C14H29NO. The van der Waals surface area contributed by atoms with Crippen molar-refractivity contribution in [2.24, 2.45) is 0 Å². The van der Waals surface area contributed by atoms with Crippen molar-refractivity contribution in [3.8, 4) is 0 Å². The van der Waals surface area contributed by atoms with Gasteiger partial charge >= 0.3 is 0 Å². The SMILES string of the molecule is CCC(CC)NCC(C)OC1CCCCC1. The Morgan fingerprint density at radius 2 is 1.75 bits per heavy atom. The van der Waals surface area contributed by atoms with Crippen molar-refractivity contribution in [2.75, 3.05) is 6.54 Å². The average molecular weight is 227 g/mol. The van der Waals surface area contributed by atoms with Gasteiger partial charge in [0.25, 0.3) is 0 Å². The average Bonchev–Trinajstić information content (AvgIpc) is 2.31. The molecule has 96 valence electrons. The van der Waals surface area contributed by atoms with E-state index in [9.17, 15) is 0 Å². The van der Waals surface area contributed by atoms with Gasteiger partial charge in [-0.25, -0.2) is 0 Å². The van der Waals surface area contributed by atoms with E-state index in [1.165, 1.54) is 44.9 Å². The Morgan fingerprint density at radius 3 is 2.31 bits per heavy atom. The van der Waals surface area contributed by atoms with E-state index in [0.717, 1.165) is 6.54 Å². The lowest BCUT2D eigenvalue weighted by Gasteiger charge is -2.27. The van der Waals surface area contributed by atoms with Crippen LogP contribution in [0.1, 0.15) is 65.7 Å². The highest BCUT2D eigenvalue weighted by Crippen LogP contribution is 2.21. The third-order valence-electron chi connectivity index (χ3n) is 3.66. The highest BCUT2D eigenvalue weighted by Gasteiger charge is 2.16. The second-order valence-corrected chi connectivity index (χ2v) is 5.13. The number of ether oxygens (including phenoxy) is 1. The van der Waals surface area contributed by atoms with Gasteiger partial charge in [0.05, 0.1) is 12.2 Å². The fraction of sp³-hybridized carbons (Fsp3) is 1.00. The van der Waals surface area contributed by atoms with Crippen LogP contribution in [0.25, 0.3) is 0 Å². The highest BCUT2D eigenvalue weighted by atomic mass is 16.5. The molecule has 1 aliphatic carbocycles. The second-order valence-electron chi connectivity index (χ2n) is 5.13. The van der Waals surface area contributed by atoms with Crippen LogP contribution in [-0.4, -0.2) is 24.8 Å². The first-order chi connectivity index (χ1) is 7.76. The molecular weight excluding hydrogens is 198 g/mol. The van der Waals surface area contributed by atoms with Crippen molar-refractivity contribution >= 4 is 0 Å². The maximum Gasteiger partial charge on any atom is 0.0675 e. The summed E-state index contributed by atoms with van der Waals surface area (Å²) in [5.41, 5.74) is 0. The van der Waals surface area contributed by atoms with Crippen molar-refractivity contribution < 1.29 is 4.74 Å². The topological polar surface area (TPSA) is 21.3 Å². The maximum absolute atomic E-state index is 6.07. The Labute approximate surface area is 101 Å². The molecule has 2 nitrogen and oxygen atoms in total.